The van der Waals surface area contributed by atoms with Crippen molar-refractivity contribution in [2.75, 3.05) is 5.32 Å². The number of rotatable bonds is 5. The lowest BCUT2D eigenvalue weighted by molar-refractivity contribution is 0.873. The van der Waals surface area contributed by atoms with Crippen LogP contribution in [0.2, 0.25) is 10.3 Å². The lowest BCUT2D eigenvalue weighted by Gasteiger charge is -2.18. The number of anilines is 1. The molecule has 112 valence electrons. The van der Waals surface area contributed by atoms with E-state index in [4.69, 9.17) is 23.2 Å². The van der Waals surface area contributed by atoms with Gasteiger partial charge in [0, 0.05) is 6.04 Å². The number of halogens is 2. The maximum atomic E-state index is 6.17. The van der Waals surface area contributed by atoms with Crippen molar-refractivity contribution in [1.29, 1.82) is 0 Å². The lowest BCUT2D eigenvalue weighted by atomic mass is 10.0. The van der Waals surface area contributed by atoms with Gasteiger partial charge < -0.3 is 5.32 Å². The number of pyridine rings is 1. The van der Waals surface area contributed by atoms with Gasteiger partial charge in [-0.25, -0.2) is 4.98 Å². The zero-order valence-corrected chi connectivity index (χ0v) is 14.1. The van der Waals surface area contributed by atoms with E-state index in [0.29, 0.717) is 10.3 Å². The van der Waals surface area contributed by atoms with Gasteiger partial charge in [-0.15, -0.1) is 0 Å². The van der Waals surface area contributed by atoms with Crippen molar-refractivity contribution in [2.24, 2.45) is 0 Å². The average molecular weight is 323 g/mol. The highest BCUT2D eigenvalue weighted by Crippen LogP contribution is 2.30. The first kappa shape index (κ1) is 16.1. The molecule has 1 N–H and O–H groups in total. The monoisotopic (exact) mass is 322 g/mol. The van der Waals surface area contributed by atoms with Gasteiger partial charge in [-0.2, -0.15) is 0 Å². The van der Waals surface area contributed by atoms with Gasteiger partial charge in [0.25, 0.3) is 0 Å². The average Bonchev–Trinajstić information content (AvgIpc) is 2.43. The molecule has 1 aromatic carbocycles. The molecule has 2 nitrogen and oxygen atoms in total. The third-order valence-corrected chi connectivity index (χ3v) is 3.99. The SMILES string of the molecule is CCCc1ccc(C(C)Nc2c(C)cc(Cl)nc2Cl)cc1. The predicted molar refractivity (Wildman–Crippen MR) is 91.5 cm³/mol. The number of hydrogen-bond donors (Lipinski definition) is 1. The summed E-state index contributed by atoms with van der Waals surface area (Å²) < 4.78 is 0. The smallest absolute Gasteiger partial charge is 0.154 e. The number of hydrogen-bond acceptors (Lipinski definition) is 2. The molecule has 1 unspecified atom stereocenters. The molecule has 1 atom stereocenters. The van der Waals surface area contributed by atoms with E-state index in [1.807, 2.05) is 13.0 Å². The predicted octanol–water partition coefficient (Wildman–Crippen LogP) is 5.82. The summed E-state index contributed by atoms with van der Waals surface area (Å²) in [6.07, 6.45) is 2.28. The van der Waals surface area contributed by atoms with Crippen molar-refractivity contribution in [3.8, 4) is 0 Å². The van der Waals surface area contributed by atoms with Gasteiger partial charge >= 0.3 is 0 Å². The summed E-state index contributed by atoms with van der Waals surface area (Å²) in [7, 11) is 0. The Bertz CT molecular complexity index is 586. The summed E-state index contributed by atoms with van der Waals surface area (Å²) in [5.74, 6) is 0. The fraction of sp³-hybridized carbons (Fsp3) is 0.353. The Morgan fingerprint density at radius 3 is 2.43 bits per heavy atom. The molecule has 0 spiro atoms. The van der Waals surface area contributed by atoms with E-state index in [2.05, 4.69) is 48.4 Å². The van der Waals surface area contributed by atoms with Crippen LogP contribution in [0, 0.1) is 6.92 Å². The highest BCUT2D eigenvalue weighted by Gasteiger charge is 2.12. The van der Waals surface area contributed by atoms with Crippen LogP contribution in [0.4, 0.5) is 5.69 Å². The molecule has 0 amide bonds. The molecule has 4 heteroatoms. The summed E-state index contributed by atoms with van der Waals surface area (Å²) in [5.41, 5.74) is 4.43. The van der Waals surface area contributed by atoms with Gasteiger partial charge in [0.1, 0.15) is 5.15 Å². The third kappa shape index (κ3) is 4.12. The quantitative estimate of drug-likeness (QED) is 0.701. The van der Waals surface area contributed by atoms with E-state index >= 15 is 0 Å². The van der Waals surface area contributed by atoms with Gasteiger partial charge in [0.05, 0.1) is 5.69 Å². The van der Waals surface area contributed by atoms with Gasteiger partial charge in [-0.05, 0) is 43.0 Å². The highest BCUT2D eigenvalue weighted by atomic mass is 35.5. The second-order valence-corrected chi connectivity index (χ2v) is 6.03. The molecule has 21 heavy (non-hydrogen) atoms. The molecule has 0 aliphatic heterocycles. The first-order chi connectivity index (χ1) is 10.0. The maximum absolute atomic E-state index is 6.17. The fourth-order valence-corrected chi connectivity index (χ4v) is 2.92. The molecule has 0 radical (unpaired) electrons. The van der Waals surface area contributed by atoms with Crippen LogP contribution in [0.15, 0.2) is 30.3 Å². The van der Waals surface area contributed by atoms with E-state index in [1.165, 1.54) is 17.5 Å². The minimum atomic E-state index is 0.153. The molecule has 1 aromatic heterocycles. The fourth-order valence-electron chi connectivity index (χ4n) is 2.33. The van der Waals surface area contributed by atoms with Crippen LogP contribution in [0.3, 0.4) is 0 Å². The van der Waals surface area contributed by atoms with Crippen LogP contribution in [-0.2, 0) is 6.42 Å². The number of aromatic nitrogens is 1. The van der Waals surface area contributed by atoms with E-state index in [9.17, 15) is 0 Å². The molecule has 0 aliphatic carbocycles. The Kier molecular flexibility index (Phi) is 5.49. The maximum Gasteiger partial charge on any atom is 0.154 e. The van der Waals surface area contributed by atoms with Crippen molar-refractivity contribution in [1.82, 2.24) is 4.98 Å². The van der Waals surface area contributed by atoms with Crippen molar-refractivity contribution in [3.05, 3.63) is 57.3 Å². The molecule has 0 bridgehead atoms. The van der Waals surface area contributed by atoms with E-state index < -0.39 is 0 Å². The van der Waals surface area contributed by atoms with E-state index in [-0.39, 0.29) is 6.04 Å². The first-order valence-electron chi connectivity index (χ1n) is 7.19. The largest absolute Gasteiger partial charge is 0.376 e. The van der Waals surface area contributed by atoms with Crippen molar-refractivity contribution >= 4 is 28.9 Å². The second kappa shape index (κ2) is 7.15. The Morgan fingerprint density at radius 1 is 1.19 bits per heavy atom. The molecule has 0 saturated carbocycles. The van der Waals surface area contributed by atoms with Crippen molar-refractivity contribution in [3.63, 3.8) is 0 Å². The minimum Gasteiger partial charge on any atom is -0.376 e. The van der Waals surface area contributed by atoms with Gasteiger partial charge in [-0.3, -0.25) is 0 Å². The molecule has 0 saturated heterocycles. The number of nitrogens with one attached hydrogen (secondary N) is 1. The van der Waals surface area contributed by atoms with Crippen LogP contribution in [0.5, 0.6) is 0 Å². The van der Waals surface area contributed by atoms with E-state index in [1.54, 1.807) is 0 Å². The number of nitrogens with zero attached hydrogens (tertiary/aromatic N) is 1. The zero-order valence-electron chi connectivity index (χ0n) is 12.6. The second-order valence-electron chi connectivity index (χ2n) is 5.29. The first-order valence-corrected chi connectivity index (χ1v) is 7.95. The molecular weight excluding hydrogens is 303 g/mol. The molecule has 2 rings (SSSR count). The molecule has 1 heterocycles. The van der Waals surface area contributed by atoms with Crippen molar-refractivity contribution < 1.29 is 0 Å². The van der Waals surface area contributed by atoms with Crippen LogP contribution in [0.25, 0.3) is 0 Å². The van der Waals surface area contributed by atoms with Crippen LogP contribution in [-0.4, -0.2) is 4.98 Å². The summed E-state index contributed by atoms with van der Waals surface area (Å²) in [6.45, 7) is 6.27. The highest BCUT2D eigenvalue weighted by molar-refractivity contribution is 6.34. The Balaban J connectivity index is 2.16. The number of aryl methyl sites for hydroxylation is 2. The topological polar surface area (TPSA) is 24.9 Å². The standard InChI is InChI=1S/C17H20Cl2N2/c1-4-5-13-6-8-14(9-7-13)12(3)20-16-11(2)10-15(18)21-17(16)19/h6-10,12,20H,4-5H2,1-3H3. The van der Waals surface area contributed by atoms with Gasteiger partial charge in [0.2, 0.25) is 0 Å². The Morgan fingerprint density at radius 2 is 1.86 bits per heavy atom. The van der Waals surface area contributed by atoms with Gasteiger partial charge in [-0.1, -0.05) is 60.8 Å². The lowest BCUT2D eigenvalue weighted by Crippen LogP contribution is -2.09. The minimum absolute atomic E-state index is 0.153. The van der Waals surface area contributed by atoms with E-state index in [0.717, 1.165) is 17.7 Å². The molecule has 0 aliphatic rings. The van der Waals surface area contributed by atoms with Crippen LogP contribution < -0.4 is 5.32 Å². The summed E-state index contributed by atoms with van der Waals surface area (Å²) >= 11 is 12.1. The zero-order chi connectivity index (χ0) is 15.4. The summed E-state index contributed by atoms with van der Waals surface area (Å²) in [6, 6.07) is 10.7. The van der Waals surface area contributed by atoms with Gasteiger partial charge in [0.15, 0.2) is 5.15 Å². The Labute approximate surface area is 136 Å². The summed E-state index contributed by atoms with van der Waals surface area (Å²) in [4.78, 5) is 4.09. The Hall–Kier alpha value is -1.25. The molecule has 0 fully saturated rings. The van der Waals surface area contributed by atoms with Crippen molar-refractivity contribution in [2.45, 2.75) is 39.7 Å². The number of benzene rings is 1. The summed E-state index contributed by atoms with van der Waals surface area (Å²) in [5, 5.41) is 4.25. The molecule has 2 aromatic rings. The molecular formula is C17H20Cl2N2. The van der Waals surface area contributed by atoms with Crippen LogP contribution >= 0.6 is 23.2 Å². The van der Waals surface area contributed by atoms with Crippen LogP contribution in [0.1, 0.15) is 43.0 Å². The third-order valence-electron chi connectivity index (χ3n) is 3.52. The normalized spacial score (nSPS) is 12.2.